The van der Waals surface area contributed by atoms with Crippen LogP contribution in [-0.4, -0.2) is 23.3 Å². The summed E-state index contributed by atoms with van der Waals surface area (Å²) in [5, 5.41) is 0.245. The van der Waals surface area contributed by atoms with Crippen molar-refractivity contribution in [1.82, 2.24) is 4.98 Å². The average Bonchev–Trinajstić information content (AvgIpc) is 3.50. The summed E-state index contributed by atoms with van der Waals surface area (Å²) in [5.74, 6) is -1.95. The van der Waals surface area contributed by atoms with Gasteiger partial charge in [-0.15, -0.1) is 0 Å². The number of thiazole rings is 1. The van der Waals surface area contributed by atoms with Crippen LogP contribution in [0.15, 0.2) is 63.8 Å². The third-order valence-corrected chi connectivity index (χ3v) is 8.40. The number of amides is 2. The summed E-state index contributed by atoms with van der Waals surface area (Å²) in [6.45, 7) is 6.07. The predicted octanol–water partition coefficient (Wildman–Crippen LogP) is 5.43. The summed E-state index contributed by atoms with van der Waals surface area (Å²) in [4.78, 5) is 50.4. The zero-order valence-electron chi connectivity index (χ0n) is 20.7. The second-order valence-electron chi connectivity index (χ2n) is 9.62. The fourth-order valence-electron chi connectivity index (χ4n) is 5.90. The monoisotopic (exact) mass is 525 g/mol. The Kier molecular flexibility index (Phi) is 4.55. The summed E-state index contributed by atoms with van der Waals surface area (Å²) < 4.78 is 21.1. The van der Waals surface area contributed by atoms with Crippen molar-refractivity contribution in [3.63, 3.8) is 0 Å². The summed E-state index contributed by atoms with van der Waals surface area (Å²) in [5.41, 5.74) is 1.27. The molecule has 2 amide bonds. The summed E-state index contributed by atoms with van der Waals surface area (Å²) >= 11 is 1.28. The lowest BCUT2D eigenvalue weighted by Crippen LogP contribution is -2.53. The third kappa shape index (κ3) is 2.66. The number of anilines is 2. The Morgan fingerprint density at radius 3 is 2.63 bits per heavy atom. The first-order chi connectivity index (χ1) is 18.3. The fraction of sp³-hybridized carbons (Fsp3) is 0.172. The number of rotatable bonds is 2. The number of para-hydroxylation sites is 1. The molecule has 2 aromatic heterocycles. The number of hydrogen-bond acceptors (Lipinski definition) is 6. The lowest BCUT2D eigenvalue weighted by molar-refractivity contribution is -0.121. The van der Waals surface area contributed by atoms with Crippen LogP contribution in [0.1, 0.15) is 39.7 Å². The molecule has 2 aliphatic rings. The molecule has 0 saturated carbocycles. The highest BCUT2D eigenvalue weighted by Crippen LogP contribution is 2.54. The highest BCUT2D eigenvalue weighted by Gasteiger charge is 2.66. The molecule has 2 aliphatic heterocycles. The highest BCUT2D eigenvalue weighted by molar-refractivity contribution is 7.22. The number of likely N-dealkylation sites (N-methyl/N-ethyl adjacent to an activating group) is 1. The molecule has 1 atom stereocenters. The van der Waals surface area contributed by atoms with Gasteiger partial charge in [0.2, 0.25) is 5.76 Å². The van der Waals surface area contributed by atoms with E-state index in [0.29, 0.717) is 23.3 Å². The molecule has 5 aromatic rings. The van der Waals surface area contributed by atoms with E-state index < -0.39 is 28.6 Å². The molecule has 0 fully saturated rings. The standard InChI is InChI=1S/C29H20FN3O4S/c1-4-32-19-8-6-5-7-18(19)29(27(32)36)22-24(34)17-13-16(30)9-10-20(17)37-25(22)26(35)33(29)28-31-23-15(3)11-14(2)12-21(23)38-28/h5-13H,4H2,1-3H3. The Hall–Kier alpha value is -4.37. The van der Waals surface area contributed by atoms with E-state index in [9.17, 15) is 18.8 Å². The minimum Gasteiger partial charge on any atom is -0.450 e. The van der Waals surface area contributed by atoms with Gasteiger partial charge >= 0.3 is 0 Å². The molecule has 9 heteroatoms. The van der Waals surface area contributed by atoms with Crippen molar-refractivity contribution >= 4 is 55.2 Å². The van der Waals surface area contributed by atoms with Crippen molar-refractivity contribution in [2.75, 3.05) is 16.3 Å². The zero-order chi connectivity index (χ0) is 26.5. The number of aromatic nitrogens is 1. The van der Waals surface area contributed by atoms with Crippen LogP contribution in [-0.2, 0) is 10.3 Å². The van der Waals surface area contributed by atoms with Crippen molar-refractivity contribution in [1.29, 1.82) is 0 Å². The maximum atomic E-state index is 14.5. The van der Waals surface area contributed by atoms with Crippen molar-refractivity contribution < 1.29 is 18.4 Å². The van der Waals surface area contributed by atoms with Crippen molar-refractivity contribution in [2.45, 2.75) is 26.3 Å². The molecule has 1 unspecified atom stereocenters. The van der Waals surface area contributed by atoms with E-state index in [1.165, 1.54) is 22.3 Å². The lowest BCUT2D eigenvalue weighted by Gasteiger charge is -2.32. The topological polar surface area (TPSA) is 83.7 Å². The van der Waals surface area contributed by atoms with E-state index in [-0.39, 0.29) is 27.4 Å². The summed E-state index contributed by atoms with van der Waals surface area (Å²) in [6.07, 6.45) is 0. The maximum absolute atomic E-state index is 14.5. The van der Waals surface area contributed by atoms with Gasteiger partial charge in [-0.25, -0.2) is 9.37 Å². The van der Waals surface area contributed by atoms with Crippen LogP contribution in [0, 0.1) is 19.7 Å². The lowest BCUT2D eigenvalue weighted by atomic mass is 9.84. The number of nitrogens with zero attached hydrogens (tertiary/aromatic N) is 3. The first-order valence-electron chi connectivity index (χ1n) is 12.2. The molecule has 0 radical (unpaired) electrons. The molecule has 0 saturated heterocycles. The summed E-state index contributed by atoms with van der Waals surface area (Å²) in [7, 11) is 0. The van der Waals surface area contributed by atoms with Crippen LogP contribution in [0.3, 0.4) is 0 Å². The number of fused-ring (bicyclic) bond motifs is 6. The second kappa shape index (κ2) is 7.58. The molecule has 188 valence electrons. The number of benzene rings is 3. The van der Waals surface area contributed by atoms with Gasteiger partial charge in [-0.2, -0.15) is 0 Å². The van der Waals surface area contributed by atoms with Gasteiger partial charge in [0.1, 0.15) is 11.4 Å². The van der Waals surface area contributed by atoms with E-state index in [1.807, 2.05) is 32.9 Å². The molecule has 7 nitrogen and oxygen atoms in total. The number of halogens is 1. The molecular formula is C29H20FN3O4S. The highest BCUT2D eigenvalue weighted by atomic mass is 32.1. The SMILES string of the molecule is CCN1C(=O)C2(c3ccccc31)c1c(oc3ccc(F)cc3c1=O)C(=O)N2c1nc2c(C)cc(C)cc2s1. The molecule has 0 N–H and O–H groups in total. The Morgan fingerprint density at radius 2 is 1.84 bits per heavy atom. The van der Waals surface area contributed by atoms with Gasteiger partial charge in [-0.3, -0.25) is 19.3 Å². The van der Waals surface area contributed by atoms with Gasteiger partial charge in [0.15, 0.2) is 16.1 Å². The molecule has 7 rings (SSSR count). The largest absolute Gasteiger partial charge is 0.450 e. The number of aryl methyl sites for hydroxylation is 2. The average molecular weight is 526 g/mol. The Labute approximate surface area is 219 Å². The number of hydrogen-bond donors (Lipinski definition) is 0. The van der Waals surface area contributed by atoms with E-state index in [2.05, 4.69) is 0 Å². The van der Waals surface area contributed by atoms with Crippen LogP contribution >= 0.6 is 11.3 Å². The van der Waals surface area contributed by atoms with Gasteiger partial charge in [-0.1, -0.05) is 35.6 Å². The van der Waals surface area contributed by atoms with E-state index >= 15 is 0 Å². The normalized spacial score (nSPS) is 18.3. The zero-order valence-corrected chi connectivity index (χ0v) is 21.5. The molecule has 4 heterocycles. The second-order valence-corrected chi connectivity index (χ2v) is 10.6. The van der Waals surface area contributed by atoms with Gasteiger partial charge < -0.3 is 9.32 Å². The minimum atomic E-state index is -1.84. The Bertz CT molecular complexity index is 1940. The van der Waals surface area contributed by atoms with Gasteiger partial charge in [-0.05, 0) is 62.2 Å². The minimum absolute atomic E-state index is 0.0335. The smallest absolute Gasteiger partial charge is 0.297 e. The van der Waals surface area contributed by atoms with Crippen LogP contribution in [0.5, 0.6) is 0 Å². The Morgan fingerprint density at radius 1 is 1.05 bits per heavy atom. The molecule has 38 heavy (non-hydrogen) atoms. The first-order valence-corrected chi connectivity index (χ1v) is 13.0. The van der Waals surface area contributed by atoms with Gasteiger partial charge in [0, 0.05) is 12.1 Å². The third-order valence-electron chi connectivity index (χ3n) is 7.41. The number of carbonyl (C=O) groups excluding carboxylic acids is 2. The summed E-state index contributed by atoms with van der Waals surface area (Å²) in [6, 6.07) is 14.7. The van der Waals surface area contributed by atoms with Crippen LogP contribution < -0.4 is 15.2 Å². The van der Waals surface area contributed by atoms with Crippen molar-refractivity contribution in [3.05, 3.63) is 98.7 Å². The number of carbonyl (C=O) groups is 2. The van der Waals surface area contributed by atoms with Gasteiger partial charge in [0.25, 0.3) is 11.8 Å². The quantitative estimate of drug-likeness (QED) is 0.307. The van der Waals surface area contributed by atoms with Crippen molar-refractivity contribution in [3.8, 4) is 0 Å². The molecule has 1 spiro atoms. The maximum Gasteiger partial charge on any atom is 0.297 e. The molecule has 3 aromatic carbocycles. The molecule has 0 aliphatic carbocycles. The van der Waals surface area contributed by atoms with E-state index in [4.69, 9.17) is 9.40 Å². The van der Waals surface area contributed by atoms with E-state index in [0.717, 1.165) is 28.0 Å². The van der Waals surface area contributed by atoms with Crippen LogP contribution in [0.25, 0.3) is 21.2 Å². The first kappa shape index (κ1) is 22.8. The van der Waals surface area contributed by atoms with Gasteiger partial charge in [0.05, 0.1) is 26.9 Å². The van der Waals surface area contributed by atoms with Crippen LogP contribution in [0.4, 0.5) is 15.2 Å². The molecular weight excluding hydrogens is 505 g/mol. The van der Waals surface area contributed by atoms with Crippen LogP contribution in [0.2, 0.25) is 0 Å². The van der Waals surface area contributed by atoms with E-state index in [1.54, 1.807) is 29.2 Å². The fourth-order valence-corrected chi connectivity index (χ4v) is 7.10. The Balaban J connectivity index is 1.64. The molecule has 0 bridgehead atoms. The van der Waals surface area contributed by atoms with Crippen molar-refractivity contribution in [2.24, 2.45) is 0 Å². The predicted molar refractivity (Wildman–Crippen MR) is 144 cm³/mol.